The third kappa shape index (κ3) is 2.54. The minimum absolute atomic E-state index is 0.338. The highest BCUT2D eigenvalue weighted by atomic mass is 16.6. The van der Waals surface area contributed by atoms with Crippen molar-refractivity contribution in [2.24, 2.45) is 0 Å². The molecule has 0 saturated carbocycles. The molecule has 1 unspecified atom stereocenters. The molecule has 0 bridgehead atoms. The van der Waals surface area contributed by atoms with Gasteiger partial charge in [-0.2, -0.15) is 0 Å². The second kappa shape index (κ2) is 5.82. The van der Waals surface area contributed by atoms with Gasteiger partial charge in [-0.1, -0.05) is 42.5 Å². The van der Waals surface area contributed by atoms with E-state index < -0.39 is 0 Å². The predicted octanol–water partition coefficient (Wildman–Crippen LogP) is 3.29. The molecule has 1 atom stereocenters. The number of rotatable bonds is 4. The highest BCUT2D eigenvalue weighted by Gasteiger charge is 2.14. The summed E-state index contributed by atoms with van der Waals surface area (Å²) in [6.07, 6.45) is 1.19. The van der Waals surface area contributed by atoms with Gasteiger partial charge in [0.25, 0.3) is 0 Å². The van der Waals surface area contributed by atoms with Crippen molar-refractivity contribution < 1.29 is 11.2 Å². The van der Waals surface area contributed by atoms with E-state index in [-0.39, 0.29) is 12.9 Å². The molecule has 2 aromatic carbocycles. The molecule has 3 nitrogen and oxygen atoms in total. The van der Waals surface area contributed by atoms with Gasteiger partial charge in [0.05, 0.1) is 6.89 Å². The van der Waals surface area contributed by atoms with Gasteiger partial charge in [0.2, 0.25) is 0 Å². The monoisotopic (exact) mass is 266 g/mol. The standard InChI is InChI=1S/C17H15NO2/c19-12-20-17(13-5-2-1-3-6-13)15-8-9-16-14(11-15)7-4-10-18-16/h1-11,17,19H,12H2/i4D. The molecule has 3 aromatic rings. The van der Waals surface area contributed by atoms with E-state index in [0.717, 1.165) is 22.0 Å². The van der Waals surface area contributed by atoms with Crippen LogP contribution in [-0.4, -0.2) is 16.9 Å². The van der Waals surface area contributed by atoms with Gasteiger partial charge < -0.3 is 9.84 Å². The molecule has 1 N–H and O–H groups in total. The van der Waals surface area contributed by atoms with Crippen molar-refractivity contribution in [1.82, 2.24) is 4.98 Å². The maximum atomic E-state index is 9.15. The summed E-state index contributed by atoms with van der Waals surface area (Å²) in [4.78, 5) is 4.22. The van der Waals surface area contributed by atoms with Crippen LogP contribution >= 0.6 is 0 Å². The van der Waals surface area contributed by atoms with Crippen molar-refractivity contribution in [3.05, 3.63) is 78.0 Å². The number of hydrogen-bond acceptors (Lipinski definition) is 3. The summed E-state index contributed by atoms with van der Waals surface area (Å²) in [5, 5.41) is 10.0. The molecule has 0 saturated heterocycles. The summed E-state index contributed by atoms with van der Waals surface area (Å²) in [6, 6.07) is 17.7. The van der Waals surface area contributed by atoms with Crippen LogP contribution in [0.4, 0.5) is 0 Å². The second-order valence-corrected chi connectivity index (χ2v) is 4.47. The zero-order chi connectivity index (χ0) is 14.7. The van der Waals surface area contributed by atoms with E-state index >= 15 is 0 Å². The summed E-state index contributed by atoms with van der Waals surface area (Å²) in [7, 11) is 0. The van der Waals surface area contributed by atoms with Crippen LogP contribution in [0.25, 0.3) is 10.9 Å². The van der Waals surface area contributed by atoms with Crippen LogP contribution in [0.2, 0.25) is 0 Å². The van der Waals surface area contributed by atoms with Crippen LogP contribution in [0, 0.1) is 0 Å². The van der Waals surface area contributed by atoms with Crippen molar-refractivity contribution in [3.63, 3.8) is 0 Å². The third-order valence-electron chi connectivity index (χ3n) is 3.21. The number of pyridine rings is 1. The van der Waals surface area contributed by atoms with Gasteiger partial charge in [-0.05, 0) is 29.3 Å². The first-order valence-corrected chi connectivity index (χ1v) is 6.41. The average Bonchev–Trinajstić information content (AvgIpc) is 2.52. The van der Waals surface area contributed by atoms with Crippen molar-refractivity contribution in [2.75, 3.05) is 6.79 Å². The molecule has 0 amide bonds. The number of ether oxygens (including phenoxy) is 1. The molecular formula is C17H15NO2. The molecule has 3 heteroatoms. The number of aliphatic hydroxyl groups excluding tert-OH is 1. The Morgan fingerprint density at radius 1 is 1.10 bits per heavy atom. The lowest BCUT2D eigenvalue weighted by molar-refractivity contribution is -0.0349. The molecule has 0 spiro atoms. The number of aliphatic hydroxyl groups is 1. The first-order valence-electron chi connectivity index (χ1n) is 6.91. The Balaban J connectivity index is 2.07. The number of fused-ring (bicyclic) bond motifs is 1. The van der Waals surface area contributed by atoms with Gasteiger partial charge in [-0.15, -0.1) is 0 Å². The molecular weight excluding hydrogens is 250 g/mol. The third-order valence-corrected chi connectivity index (χ3v) is 3.21. The molecule has 1 heterocycles. The fourth-order valence-corrected chi connectivity index (χ4v) is 2.29. The SMILES string of the molecule is [2H]c1cnc2ccc(C(OCO)c3ccccc3)cc2c1. The Kier molecular flexibility index (Phi) is 3.37. The van der Waals surface area contributed by atoms with Crippen molar-refractivity contribution in [2.45, 2.75) is 6.10 Å². The summed E-state index contributed by atoms with van der Waals surface area (Å²) in [5.41, 5.74) is 2.74. The van der Waals surface area contributed by atoms with E-state index in [1.807, 2.05) is 48.5 Å². The predicted molar refractivity (Wildman–Crippen MR) is 78.2 cm³/mol. The van der Waals surface area contributed by atoms with Gasteiger partial charge in [-0.25, -0.2) is 0 Å². The summed E-state index contributed by atoms with van der Waals surface area (Å²) >= 11 is 0. The van der Waals surface area contributed by atoms with E-state index in [2.05, 4.69) is 4.98 Å². The Bertz CT molecular complexity index is 746. The first-order chi connectivity index (χ1) is 10.3. The van der Waals surface area contributed by atoms with Gasteiger partial charge in [-0.3, -0.25) is 4.98 Å². The second-order valence-electron chi connectivity index (χ2n) is 4.47. The van der Waals surface area contributed by atoms with E-state index in [4.69, 9.17) is 11.2 Å². The largest absolute Gasteiger partial charge is 0.371 e. The molecule has 100 valence electrons. The fourth-order valence-electron chi connectivity index (χ4n) is 2.29. The minimum atomic E-state index is -0.353. The van der Waals surface area contributed by atoms with E-state index in [9.17, 15) is 0 Å². The maximum Gasteiger partial charge on any atom is 0.144 e. The highest BCUT2D eigenvalue weighted by Crippen LogP contribution is 2.27. The van der Waals surface area contributed by atoms with Gasteiger partial charge in [0.1, 0.15) is 12.9 Å². The zero-order valence-corrected chi connectivity index (χ0v) is 10.9. The molecule has 0 radical (unpaired) electrons. The quantitative estimate of drug-likeness (QED) is 0.737. The number of benzene rings is 2. The topological polar surface area (TPSA) is 42.4 Å². The first kappa shape index (κ1) is 11.6. The van der Waals surface area contributed by atoms with E-state index in [0.29, 0.717) is 6.04 Å². The summed E-state index contributed by atoms with van der Waals surface area (Å²) in [6.45, 7) is -0.353. The molecule has 3 rings (SSSR count). The average molecular weight is 266 g/mol. The van der Waals surface area contributed by atoms with Crippen molar-refractivity contribution in [1.29, 1.82) is 0 Å². The smallest absolute Gasteiger partial charge is 0.144 e. The summed E-state index contributed by atoms with van der Waals surface area (Å²) in [5.74, 6) is 0. The van der Waals surface area contributed by atoms with E-state index in [1.165, 1.54) is 6.20 Å². The van der Waals surface area contributed by atoms with Crippen LogP contribution in [0.1, 0.15) is 18.6 Å². The molecule has 20 heavy (non-hydrogen) atoms. The lowest BCUT2D eigenvalue weighted by Gasteiger charge is -2.17. The lowest BCUT2D eigenvalue weighted by Crippen LogP contribution is -2.07. The Labute approximate surface area is 118 Å². The Morgan fingerprint density at radius 3 is 2.75 bits per heavy atom. The fraction of sp³-hybridized carbons (Fsp3) is 0.118. The van der Waals surface area contributed by atoms with Crippen LogP contribution in [-0.2, 0) is 4.74 Å². The zero-order valence-electron chi connectivity index (χ0n) is 11.9. The molecule has 0 fully saturated rings. The molecule has 1 aromatic heterocycles. The van der Waals surface area contributed by atoms with Crippen molar-refractivity contribution in [3.8, 4) is 0 Å². The van der Waals surface area contributed by atoms with Crippen molar-refractivity contribution >= 4 is 10.9 Å². The highest BCUT2D eigenvalue weighted by molar-refractivity contribution is 5.79. The number of aromatic nitrogens is 1. The van der Waals surface area contributed by atoms with Gasteiger partial charge >= 0.3 is 0 Å². The molecule has 0 aliphatic heterocycles. The summed E-state index contributed by atoms with van der Waals surface area (Å²) < 4.78 is 13.1. The van der Waals surface area contributed by atoms with Crippen LogP contribution < -0.4 is 0 Å². The van der Waals surface area contributed by atoms with Gasteiger partial charge in [0, 0.05) is 11.6 Å². The Hall–Kier alpha value is -2.23. The van der Waals surface area contributed by atoms with Crippen LogP contribution in [0.3, 0.4) is 0 Å². The molecule has 0 aliphatic carbocycles. The number of hydrogen-bond donors (Lipinski definition) is 1. The van der Waals surface area contributed by atoms with E-state index in [1.54, 1.807) is 6.07 Å². The van der Waals surface area contributed by atoms with Gasteiger partial charge in [0.15, 0.2) is 0 Å². The number of nitrogens with zero attached hydrogens (tertiary/aromatic N) is 1. The maximum absolute atomic E-state index is 9.15. The minimum Gasteiger partial charge on any atom is -0.371 e. The molecule has 0 aliphatic rings. The lowest BCUT2D eigenvalue weighted by atomic mass is 10.00. The normalized spacial score (nSPS) is 13.2. The Morgan fingerprint density at radius 2 is 1.95 bits per heavy atom. The van der Waals surface area contributed by atoms with Crippen LogP contribution in [0.15, 0.2) is 66.8 Å². The van der Waals surface area contributed by atoms with Crippen LogP contribution in [0.5, 0.6) is 0 Å².